The van der Waals surface area contributed by atoms with E-state index in [1.807, 2.05) is 83.8 Å². The van der Waals surface area contributed by atoms with Gasteiger partial charge in [-0.25, -0.2) is 0 Å². The van der Waals surface area contributed by atoms with E-state index in [9.17, 15) is 4.79 Å². The van der Waals surface area contributed by atoms with Crippen molar-refractivity contribution in [1.29, 1.82) is 0 Å². The van der Waals surface area contributed by atoms with Crippen LogP contribution in [0.25, 0.3) is 0 Å². The summed E-state index contributed by atoms with van der Waals surface area (Å²) in [7, 11) is 0. The number of benzene rings is 4. The highest BCUT2D eigenvalue weighted by Crippen LogP contribution is 2.31. The summed E-state index contributed by atoms with van der Waals surface area (Å²) >= 11 is 6.36. The van der Waals surface area contributed by atoms with Crippen LogP contribution in [0.4, 0.5) is 11.4 Å². The quantitative estimate of drug-likeness (QED) is 0.296. The number of carbonyl (C=O) groups is 1. The molecule has 1 heterocycles. The van der Waals surface area contributed by atoms with Crippen molar-refractivity contribution in [3.8, 4) is 0 Å². The zero-order valence-corrected chi connectivity index (χ0v) is 21.0. The third-order valence-electron chi connectivity index (χ3n) is 6.69. The predicted molar refractivity (Wildman–Crippen MR) is 148 cm³/mol. The molecule has 0 saturated carbocycles. The summed E-state index contributed by atoms with van der Waals surface area (Å²) in [5.41, 5.74) is 4.22. The minimum Gasteiger partial charge on any atom is -0.292 e. The van der Waals surface area contributed by atoms with Crippen LogP contribution < -0.4 is 4.90 Å². The Bertz CT molecular complexity index is 1220. The van der Waals surface area contributed by atoms with Gasteiger partial charge in [0.2, 0.25) is 5.91 Å². The third-order valence-corrected chi connectivity index (χ3v) is 6.92. The van der Waals surface area contributed by atoms with E-state index in [4.69, 9.17) is 11.6 Å². The number of rotatable bonds is 7. The molecule has 4 nitrogen and oxygen atoms in total. The molecule has 1 unspecified atom stereocenters. The maximum atomic E-state index is 13.6. The van der Waals surface area contributed by atoms with Crippen LogP contribution in [0, 0.1) is 0 Å². The zero-order valence-electron chi connectivity index (χ0n) is 20.2. The highest BCUT2D eigenvalue weighted by Gasteiger charge is 2.28. The predicted octanol–water partition coefficient (Wildman–Crippen LogP) is 6.41. The Morgan fingerprint density at radius 3 is 1.78 bits per heavy atom. The maximum Gasteiger partial charge on any atom is 0.245 e. The van der Waals surface area contributed by atoms with E-state index in [-0.39, 0.29) is 11.9 Å². The molecule has 0 spiro atoms. The lowest BCUT2D eigenvalue weighted by molar-refractivity contribution is -0.119. The Balaban J connectivity index is 1.30. The van der Waals surface area contributed by atoms with Crippen molar-refractivity contribution in [2.75, 3.05) is 37.6 Å². The van der Waals surface area contributed by atoms with Gasteiger partial charge in [0.05, 0.1) is 12.6 Å². The number of amides is 1. The van der Waals surface area contributed by atoms with E-state index in [1.54, 1.807) is 0 Å². The first-order valence-electron chi connectivity index (χ1n) is 12.4. The molecule has 0 radical (unpaired) electrons. The zero-order chi connectivity index (χ0) is 24.7. The molecule has 4 aromatic rings. The van der Waals surface area contributed by atoms with E-state index in [1.165, 1.54) is 11.1 Å². The van der Waals surface area contributed by atoms with E-state index >= 15 is 0 Å². The topological polar surface area (TPSA) is 26.8 Å². The third kappa shape index (κ3) is 5.68. The molecule has 182 valence electrons. The van der Waals surface area contributed by atoms with Crippen LogP contribution in [0.5, 0.6) is 0 Å². The average Bonchev–Trinajstić information content (AvgIpc) is 2.92. The van der Waals surface area contributed by atoms with E-state index < -0.39 is 0 Å². The number of para-hydroxylation sites is 2. The van der Waals surface area contributed by atoms with Crippen molar-refractivity contribution < 1.29 is 4.79 Å². The molecular formula is C31H30ClN3O. The molecule has 1 amide bonds. The number of piperazine rings is 1. The number of carbonyl (C=O) groups excluding carboxylic acids is 1. The first-order valence-corrected chi connectivity index (χ1v) is 12.8. The molecule has 1 atom stereocenters. The van der Waals surface area contributed by atoms with E-state index in [0.717, 1.165) is 42.6 Å². The van der Waals surface area contributed by atoms with Crippen LogP contribution >= 0.6 is 11.6 Å². The van der Waals surface area contributed by atoms with Gasteiger partial charge in [-0.05, 0) is 47.5 Å². The molecule has 0 aromatic heterocycles. The molecule has 1 saturated heterocycles. The van der Waals surface area contributed by atoms with Crippen molar-refractivity contribution in [1.82, 2.24) is 9.80 Å². The van der Waals surface area contributed by atoms with Gasteiger partial charge in [0.1, 0.15) is 0 Å². The molecule has 1 aliphatic heterocycles. The second-order valence-corrected chi connectivity index (χ2v) is 9.52. The van der Waals surface area contributed by atoms with Gasteiger partial charge in [0, 0.05) is 42.6 Å². The fourth-order valence-corrected chi connectivity index (χ4v) is 5.16. The normalized spacial score (nSPS) is 15.4. The molecule has 1 fully saturated rings. The molecule has 0 aliphatic carbocycles. The molecule has 4 aromatic carbocycles. The Labute approximate surface area is 218 Å². The number of hydrogen-bond donors (Lipinski definition) is 0. The summed E-state index contributed by atoms with van der Waals surface area (Å²) in [4.78, 5) is 20.1. The summed E-state index contributed by atoms with van der Waals surface area (Å²) in [6, 6.07) is 38.6. The Hall–Kier alpha value is -3.44. The smallest absolute Gasteiger partial charge is 0.245 e. The van der Waals surface area contributed by atoms with Crippen LogP contribution in [0.2, 0.25) is 5.02 Å². The fraction of sp³-hybridized carbons (Fsp3) is 0.194. The monoisotopic (exact) mass is 495 g/mol. The van der Waals surface area contributed by atoms with Gasteiger partial charge < -0.3 is 0 Å². The van der Waals surface area contributed by atoms with Gasteiger partial charge in [-0.3, -0.25) is 19.5 Å². The summed E-state index contributed by atoms with van der Waals surface area (Å²) in [6.07, 6.45) is 0. The van der Waals surface area contributed by atoms with Crippen molar-refractivity contribution in [2.24, 2.45) is 0 Å². The van der Waals surface area contributed by atoms with Gasteiger partial charge in [0.25, 0.3) is 0 Å². The Kier molecular flexibility index (Phi) is 7.77. The second-order valence-electron chi connectivity index (χ2n) is 9.08. The summed E-state index contributed by atoms with van der Waals surface area (Å²) in [6.45, 7) is 3.77. The second kappa shape index (κ2) is 11.5. The lowest BCUT2D eigenvalue weighted by atomic mass is 9.96. The molecule has 0 bridgehead atoms. The Morgan fingerprint density at radius 1 is 0.694 bits per heavy atom. The van der Waals surface area contributed by atoms with Gasteiger partial charge in [-0.15, -0.1) is 0 Å². The van der Waals surface area contributed by atoms with Gasteiger partial charge in [-0.1, -0.05) is 90.5 Å². The number of anilines is 2. The largest absolute Gasteiger partial charge is 0.292 e. The van der Waals surface area contributed by atoms with E-state index in [2.05, 4.69) is 46.2 Å². The minimum absolute atomic E-state index is 0.0790. The molecule has 5 heteroatoms. The highest BCUT2D eigenvalue weighted by molar-refractivity contribution is 6.30. The van der Waals surface area contributed by atoms with Gasteiger partial charge >= 0.3 is 0 Å². The molecule has 0 N–H and O–H groups in total. The maximum absolute atomic E-state index is 13.6. The van der Waals surface area contributed by atoms with Crippen molar-refractivity contribution in [2.45, 2.75) is 6.04 Å². The SMILES string of the molecule is O=C(CN1CCN(C(c2ccccc2)c2cccc(Cl)c2)CC1)N(c1ccccc1)c1ccccc1. The number of hydrogen-bond acceptors (Lipinski definition) is 3. The molecule has 36 heavy (non-hydrogen) atoms. The first-order chi connectivity index (χ1) is 17.7. The first kappa shape index (κ1) is 24.3. The standard InChI is InChI=1S/C31H30ClN3O/c32-27-14-10-13-26(23-27)31(25-11-4-1-5-12-25)34-21-19-33(20-22-34)24-30(36)35(28-15-6-2-7-16-28)29-17-8-3-9-18-29/h1-18,23,31H,19-22,24H2. The van der Waals surface area contributed by atoms with Crippen LogP contribution in [0.15, 0.2) is 115 Å². The van der Waals surface area contributed by atoms with Crippen LogP contribution in [-0.4, -0.2) is 48.4 Å². The summed E-state index contributed by atoms with van der Waals surface area (Å²) < 4.78 is 0. The van der Waals surface area contributed by atoms with Crippen molar-refractivity contribution in [3.05, 3.63) is 131 Å². The molecule has 5 rings (SSSR count). The summed E-state index contributed by atoms with van der Waals surface area (Å²) in [5, 5.41) is 0.750. The van der Waals surface area contributed by atoms with Crippen LogP contribution in [0.1, 0.15) is 17.2 Å². The van der Waals surface area contributed by atoms with Crippen LogP contribution in [-0.2, 0) is 4.79 Å². The fourth-order valence-electron chi connectivity index (χ4n) is 4.96. The highest BCUT2D eigenvalue weighted by atomic mass is 35.5. The van der Waals surface area contributed by atoms with Gasteiger partial charge in [0.15, 0.2) is 0 Å². The van der Waals surface area contributed by atoms with Crippen molar-refractivity contribution >= 4 is 28.9 Å². The summed E-state index contributed by atoms with van der Waals surface area (Å²) in [5.74, 6) is 0.0790. The molecular weight excluding hydrogens is 466 g/mol. The Morgan fingerprint density at radius 2 is 1.22 bits per heavy atom. The van der Waals surface area contributed by atoms with E-state index in [0.29, 0.717) is 6.54 Å². The van der Waals surface area contributed by atoms with Gasteiger partial charge in [-0.2, -0.15) is 0 Å². The minimum atomic E-state index is 0.0790. The molecule has 1 aliphatic rings. The lowest BCUT2D eigenvalue weighted by Crippen LogP contribution is -2.50. The number of nitrogens with zero attached hydrogens (tertiary/aromatic N) is 3. The number of halogens is 1. The lowest BCUT2D eigenvalue weighted by Gasteiger charge is -2.40. The average molecular weight is 496 g/mol. The van der Waals surface area contributed by atoms with Crippen LogP contribution in [0.3, 0.4) is 0 Å². The van der Waals surface area contributed by atoms with Crippen molar-refractivity contribution in [3.63, 3.8) is 0 Å².